The van der Waals surface area contributed by atoms with Crippen LogP contribution in [0.25, 0.3) is 10.9 Å². The maximum absolute atomic E-state index is 12.8. The Morgan fingerprint density at radius 3 is 2.60 bits per heavy atom. The lowest BCUT2D eigenvalue weighted by molar-refractivity contribution is 0.0242. The van der Waals surface area contributed by atoms with E-state index in [9.17, 15) is 4.79 Å². The number of fused-ring (bicyclic) bond motifs is 1. The van der Waals surface area contributed by atoms with Crippen LogP contribution in [0.15, 0.2) is 36.4 Å². The van der Waals surface area contributed by atoms with Crippen molar-refractivity contribution in [2.75, 3.05) is 45.9 Å². The van der Waals surface area contributed by atoms with Gasteiger partial charge in [0.2, 0.25) is 0 Å². The van der Waals surface area contributed by atoms with Crippen LogP contribution >= 0.6 is 0 Å². The monoisotopic (exact) mass is 339 g/mol. The molecule has 0 N–H and O–H groups in total. The van der Waals surface area contributed by atoms with Crippen LogP contribution in [0.3, 0.4) is 0 Å². The first-order valence-corrected chi connectivity index (χ1v) is 9.25. The van der Waals surface area contributed by atoms with E-state index in [-0.39, 0.29) is 5.91 Å². The second-order valence-electron chi connectivity index (χ2n) is 7.04. The van der Waals surface area contributed by atoms with E-state index in [4.69, 9.17) is 4.74 Å². The zero-order valence-corrected chi connectivity index (χ0v) is 14.6. The van der Waals surface area contributed by atoms with Gasteiger partial charge in [-0.2, -0.15) is 0 Å². The van der Waals surface area contributed by atoms with E-state index in [2.05, 4.69) is 9.88 Å². The number of para-hydroxylation sites is 1. The van der Waals surface area contributed by atoms with Crippen LogP contribution in [0.2, 0.25) is 0 Å². The number of pyridine rings is 1. The van der Waals surface area contributed by atoms with Crippen molar-refractivity contribution in [3.05, 3.63) is 42.1 Å². The third kappa shape index (κ3) is 3.83. The standard InChI is InChI=1S/C20H25N3O2/c24-20(19-6-5-17-3-1-2-4-18(17)21-19)23-9-7-16(8-10-23)15-22-11-13-25-14-12-22/h1-6,16H,7-15H2. The minimum absolute atomic E-state index is 0.0653. The van der Waals surface area contributed by atoms with Crippen LogP contribution < -0.4 is 0 Å². The van der Waals surface area contributed by atoms with Gasteiger partial charge in [0.25, 0.3) is 5.91 Å². The van der Waals surface area contributed by atoms with Crippen LogP contribution in [0.5, 0.6) is 0 Å². The SMILES string of the molecule is O=C(c1ccc2ccccc2n1)N1CCC(CN2CCOCC2)CC1. The number of piperidine rings is 1. The zero-order valence-electron chi connectivity index (χ0n) is 14.6. The molecule has 0 saturated carbocycles. The Bertz CT molecular complexity index is 735. The van der Waals surface area contributed by atoms with Gasteiger partial charge in [0, 0.05) is 38.1 Å². The first-order chi connectivity index (χ1) is 12.3. The predicted octanol–water partition coefficient (Wildman–Crippen LogP) is 2.42. The fourth-order valence-corrected chi connectivity index (χ4v) is 3.81. The summed E-state index contributed by atoms with van der Waals surface area (Å²) in [4.78, 5) is 21.8. The molecule has 1 amide bonds. The van der Waals surface area contributed by atoms with E-state index in [1.165, 1.54) is 0 Å². The molecule has 0 aliphatic carbocycles. The van der Waals surface area contributed by atoms with Crippen LogP contribution in [0.4, 0.5) is 0 Å². The number of nitrogens with zero attached hydrogens (tertiary/aromatic N) is 3. The highest BCUT2D eigenvalue weighted by atomic mass is 16.5. The van der Waals surface area contributed by atoms with Gasteiger partial charge in [-0.1, -0.05) is 24.3 Å². The second-order valence-corrected chi connectivity index (χ2v) is 7.04. The minimum Gasteiger partial charge on any atom is -0.379 e. The Balaban J connectivity index is 1.35. The lowest BCUT2D eigenvalue weighted by Crippen LogP contribution is -2.44. The number of hydrogen-bond donors (Lipinski definition) is 0. The number of ether oxygens (including phenoxy) is 1. The molecule has 2 fully saturated rings. The third-order valence-corrected chi connectivity index (χ3v) is 5.34. The highest BCUT2D eigenvalue weighted by molar-refractivity contribution is 5.94. The molecular weight excluding hydrogens is 314 g/mol. The molecule has 2 aliphatic rings. The van der Waals surface area contributed by atoms with Crippen LogP contribution in [-0.2, 0) is 4.74 Å². The van der Waals surface area contributed by atoms with Crippen molar-refractivity contribution >= 4 is 16.8 Å². The summed E-state index contributed by atoms with van der Waals surface area (Å²) < 4.78 is 5.42. The number of hydrogen-bond acceptors (Lipinski definition) is 4. The van der Waals surface area contributed by atoms with Gasteiger partial charge in [-0.05, 0) is 30.9 Å². The van der Waals surface area contributed by atoms with E-state index in [1.807, 2.05) is 41.3 Å². The first-order valence-electron chi connectivity index (χ1n) is 9.25. The fraction of sp³-hybridized carbons (Fsp3) is 0.500. The summed E-state index contributed by atoms with van der Waals surface area (Å²) in [5.41, 5.74) is 1.45. The molecule has 2 aromatic rings. The molecule has 3 heterocycles. The number of morpholine rings is 1. The number of amides is 1. The lowest BCUT2D eigenvalue weighted by Gasteiger charge is -2.36. The van der Waals surface area contributed by atoms with Crippen molar-refractivity contribution in [3.63, 3.8) is 0 Å². The molecule has 2 saturated heterocycles. The molecule has 0 atom stereocenters. The van der Waals surface area contributed by atoms with E-state index in [0.717, 1.165) is 69.7 Å². The van der Waals surface area contributed by atoms with Crippen molar-refractivity contribution in [2.45, 2.75) is 12.8 Å². The lowest BCUT2D eigenvalue weighted by atomic mass is 9.95. The third-order valence-electron chi connectivity index (χ3n) is 5.34. The van der Waals surface area contributed by atoms with E-state index in [0.29, 0.717) is 11.6 Å². The van der Waals surface area contributed by atoms with Gasteiger partial charge in [-0.25, -0.2) is 4.98 Å². The van der Waals surface area contributed by atoms with E-state index >= 15 is 0 Å². The van der Waals surface area contributed by atoms with E-state index in [1.54, 1.807) is 0 Å². The molecule has 5 heteroatoms. The first kappa shape index (κ1) is 16.5. The maximum Gasteiger partial charge on any atom is 0.272 e. The number of aromatic nitrogens is 1. The van der Waals surface area contributed by atoms with Gasteiger partial charge in [0.05, 0.1) is 18.7 Å². The number of carbonyl (C=O) groups excluding carboxylic acids is 1. The van der Waals surface area contributed by atoms with Gasteiger partial charge < -0.3 is 9.64 Å². The van der Waals surface area contributed by atoms with Gasteiger partial charge in [-0.15, -0.1) is 0 Å². The molecule has 5 nitrogen and oxygen atoms in total. The van der Waals surface area contributed by atoms with Crippen molar-refractivity contribution in [2.24, 2.45) is 5.92 Å². The molecule has 0 radical (unpaired) electrons. The van der Waals surface area contributed by atoms with Gasteiger partial charge in [0.1, 0.15) is 5.69 Å². The summed E-state index contributed by atoms with van der Waals surface area (Å²) in [6, 6.07) is 11.8. The molecule has 132 valence electrons. The number of benzene rings is 1. The number of carbonyl (C=O) groups is 1. The van der Waals surface area contributed by atoms with Gasteiger partial charge >= 0.3 is 0 Å². The highest BCUT2D eigenvalue weighted by Crippen LogP contribution is 2.21. The zero-order chi connectivity index (χ0) is 17.1. The molecular formula is C20H25N3O2. The van der Waals surface area contributed by atoms with Crippen molar-refractivity contribution in [1.82, 2.24) is 14.8 Å². The quantitative estimate of drug-likeness (QED) is 0.862. The normalized spacial score (nSPS) is 20.1. The molecule has 0 unspecified atom stereocenters. The summed E-state index contributed by atoms with van der Waals surface area (Å²) in [7, 11) is 0. The molecule has 1 aromatic heterocycles. The smallest absolute Gasteiger partial charge is 0.272 e. The molecule has 1 aromatic carbocycles. The van der Waals surface area contributed by atoms with Crippen LogP contribution in [-0.4, -0.2) is 66.6 Å². The summed E-state index contributed by atoms with van der Waals surface area (Å²) in [6.45, 7) is 6.60. The molecule has 4 rings (SSSR count). The Morgan fingerprint density at radius 1 is 1.04 bits per heavy atom. The summed E-state index contributed by atoms with van der Waals surface area (Å²) >= 11 is 0. The maximum atomic E-state index is 12.8. The predicted molar refractivity (Wildman–Crippen MR) is 97.6 cm³/mol. The van der Waals surface area contributed by atoms with Crippen LogP contribution in [0.1, 0.15) is 23.3 Å². The van der Waals surface area contributed by atoms with Crippen molar-refractivity contribution in [1.29, 1.82) is 0 Å². The summed E-state index contributed by atoms with van der Waals surface area (Å²) in [5.74, 6) is 0.752. The second kappa shape index (κ2) is 7.50. The average molecular weight is 339 g/mol. The Morgan fingerprint density at radius 2 is 1.80 bits per heavy atom. The number of likely N-dealkylation sites (tertiary alicyclic amines) is 1. The topological polar surface area (TPSA) is 45.7 Å². The minimum atomic E-state index is 0.0653. The molecule has 0 spiro atoms. The highest BCUT2D eigenvalue weighted by Gasteiger charge is 2.26. The average Bonchev–Trinajstić information content (AvgIpc) is 2.68. The van der Waals surface area contributed by atoms with E-state index < -0.39 is 0 Å². The number of rotatable bonds is 3. The summed E-state index contributed by atoms with van der Waals surface area (Å²) in [6.07, 6.45) is 2.16. The Hall–Kier alpha value is -1.98. The largest absolute Gasteiger partial charge is 0.379 e. The fourth-order valence-electron chi connectivity index (χ4n) is 3.81. The molecule has 0 bridgehead atoms. The Kier molecular flexibility index (Phi) is 4.95. The summed E-state index contributed by atoms with van der Waals surface area (Å²) in [5, 5.41) is 1.07. The molecule has 2 aliphatic heterocycles. The Labute approximate surface area is 148 Å². The van der Waals surface area contributed by atoms with Crippen LogP contribution in [0, 0.1) is 5.92 Å². The van der Waals surface area contributed by atoms with Crippen molar-refractivity contribution in [3.8, 4) is 0 Å². The van der Waals surface area contributed by atoms with Gasteiger partial charge in [0.15, 0.2) is 0 Å². The van der Waals surface area contributed by atoms with Crippen molar-refractivity contribution < 1.29 is 9.53 Å². The van der Waals surface area contributed by atoms with Gasteiger partial charge in [-0.3, -0.25) is 9.69 Å². The molecule has 25 heavy (non-hydrogen) atoms.